The average Bonchev–Trinajstić information content (AvgIpc) is 3.17. The molecular weight excluding hydrogens is 713 g/mol. The molecule has 0 fully saturated rings. The molecule has 0 radical (unpaired) electrons. The van der Waals surface area contributed by atoms with Crippen molar-refractivity contribution in [1.82, 2.24) is 0 Å². The Hall–Kier alpha value is -3.07. The van der Waals surface area contributed by atoms with Crippen LogP contribution in [0, 0.1) is 0 Å². The number of phosphoric ester groups is 1. The van der Waals surface area contributed by atoms with Gasteiger partial charge in [0.05, 0.1) is 13.2 Å². The van der Waals surface area contributed by atoms with Gasteiger partial charge in [-0.2, -0.15) is 0 Å². The summed E-state index contributed by atoms with van der Waals surface area (Å²) in [6.45, 7) is 3.46. The molecule has 312 valence electrons. The first-order valence-electron chi connectivity index (χ1n) is 20.7. The van der Waals surface area contributed by atoms with Crippen LogP contribution in [0.2, 0.25) is 0 Å². The molecule has 0 rings (SSSR count). The van der Waals surface area contributed by atoms with Crippen molar-refractivity contribution in [1.29, 1.82) is 0 Å². The first kappa shape index (κ1) is 51.9. The summed E-state index contributed by atoms with van der Waals surface area (Å²) in [5.41, 5.74) is 5.34. The van der Waals surface area contributed by atoms with Crippen molar-refractivity contribution in [2.24, 2.45) is 5.73 Å². The van der Waals surface area contributed by atoms with Crippen molar-refractivity contribution >= 4 is 19.8 Å². The number of esters is 2. The molecule has 0 aromatic rings. The Labute approximate surface area is 334 Å². The number of ether oxygens (including phenoxy) is 2. The lowest BCUT2D eigenvalue weighted by molar-refractivity contribution is -0.161. The normalized spacial score (nSPS) is 14.3. The summed E-state index contributed by atoms with van der Waals surface area (Å²) < 4.78 is 32.7. The van der Waals surface area contributed by atoms with Gasteiger partial charge in [0, 0.05) is 19.4 Å². The maximum Gasteiger partial charge on any atom is 0.472 e. The second-order valence-corrected chi connectivity index (χ2v) is 14.6. The van der Waals surface area contributed by atoms with E-state index in [1.54, 1.807) is 0 Å². The van der Waals surface area contributed by atoms with E-state index < -0.39 is 32.5 Å². The van der Waals surface area contributed by atoms with Crippen LogP contribution in [0.15, 0.2) is 97.2 Å². The van der Waals surface area contributed by atoms with Gasteiger partial charge < -0.3 is 20.1 Å². The third kappa shape index (κ3) is 40.4. The van der Waals surface area contributed by atoms with Crippen LogP contribution in [0.25, 0.3) is 0 Å². The van der Waals surface area contributed by atoms with Gasteiger partial charge in [-0.15, -0.1) is 0 Å². The van der Waals surface area contributed by atoms with E-state index in [4.69, 9.17) is 24.3 Å². The molecule has 0 heterocycles. The van der Waals surface area contributed by atoms with Crippen LogP contribution in [-0.4, -0.2) is 49.3 Å². The van der Waals surface area contributed by atoms with Crippen LogP contribution < -0.4 is 5.73 Å². The maximum atomic E-state index is 12.6. The van der Waals surface area contributed by atoms with Gasteiger partial charge in [-0.1, -0.05) is 137 Å². The van der Waals surface area contributed by atoms with Crippen molar-refractivity contribution in [3.63, 3.8) is 0 Å². The average molecular weight is 788 g/mol. The first-order valence-corrected chi connectivity index (χ1v) is 22.2. The van der Waals surface area contributed by atoms with E-state index in [1.165, 1.54) is 25.7 Å². The lowest BCUT2D eigenvalue weighted by atomic mass is 10.1. The zero-order valence-electron chi connectivity index (χ0n) is 34.1. The third-order valence-electron chi connectivity index (χ3n) is 7.95. The number of carbonyl (C=O) groups excluding carboxylic acids is 2. The van der Waals surface area contributed by atoms with Gasteiger partial charge in [-0.25, -0.2) is 4.57 Å². The molecule has 0 spiro atoms. The molecule has 3 N–H and O–H groups in total. The van der Waals surface area contributed by atoms with E-state index in [0.717, 1.165) is 77.0 Å². The summed E-state index contributed by atoms with van der Waals surface area (Å²) in [5.74, 6) is -0.934. The minimum atomic E-state index is -4.40. The first-order chi connectivity index (χ1) is 26.8. The summed E-state index contributed by atoms with van der Waals surface area (Å²) in [6.07, 6.45) is 51.5. The van der Waals surface area contributed by atoms with Crippen LogP contribution in [0.1, 0.15) is 142 Å². The van der Waals surface area contributed by atoms with E-state index >= 15 is 0 Å². The molecule has 0 amide bonds. The van der Waals surface area contributed by atoms with Gasteiger partial charge in [0.25, 0.3) is 0 Å². The fourth-order valence-electron chi connectivity index (χ4n) is 4.91. The number of allylic oxidation sites excluding steroid dienone is 16. The van der Waals surface area contributed by atoms with Gasteiger partial charge in [-0.3, -0.25) is 18.6 Å². The molecule has 2 unspecified atom stereocenters. The molecule has 55 heavy (non-hydrogen) atoms. The second kappa shape index (κ2) is 40.6. The number of nitrogens with two attached hydrogens (primary N) is 1. The van der Waals surface area contributed by atoms with Gasteiger partial charge in [-0.05, 0) is 89.9 Å². The standard InChI is InChI=1S/C45H74NO8P/c1-3-5-7-9-11-13-15-17-19-21-23-25-27-29-31-33-35-37-44(47)51-41-43(42-53-55(49,50)52-40-39-46)54-45(48)38-36-34-32-30-28-26-24-22-20-18-16-14-12-10-8-6-4-2/h6,8,11-14,17-20,23-26,29,31,43H,3-5,7,9-10,15-16,21-22,27-28,30,32-42,46H2,1-2H3,(H,49,50). The third-order valence-corrected chi connectivity index (χ3v) is 8.94. The zero-order valence-corrected chi connectivity index (χ0v) is 35.0. The Morgan fingerprint density at radius 1 is 0.564 bits per heavy atom. The molecule has 0 aromatic heterocycles. The fourth-order valence-corrected chi connectivity index (χ4v) is 5.67. The lowest BCUT2D eigenvalue weighted by Crippen LogP contribution is -2.29. The molecule has 0 saturated carbocycles. The number of unbranched alkanes of at least 4 members (excludes halogenated alkanes) is 8. The highest BCUT2D eigenvalue weighted by Crippen LogP contribution is 2.43. The van der Waals surface area contributed by atoms with Crippen LogP contribution >= 0.6 is 7.82 Å². The molecule has 10 heteroatoms. The summed E-state index contributed by atoms with van der Waals surface area (Å²) in [5, 5.41) is 0. The van der Waals surface area contributed by atoms with Crippen molar-refractivity contribution in [3.8, 4) is 0 Å². The predicted molar refractivity (Wildman–Crippen MR) is 228 cm³/mol. The smallest absolute Gasteiger partial charge is 0.462 e. The second-order valence-electron chi connectivity index (χ2n) is 13.1. The van der Waals surface area contributed by atoms with Gasteiger partial charge in [0.15, 0.2) is 6.10 Å². The molecule has 0 bridgehead atoms. The SMILES string of the molecule is CCC=CCC=CCC=CCC=CCCCCCCC(=O)OC(COC(=O)CCCC=CCC=CCC=CCC=CCCCCC)COP(=O)(O)OCCN. The quantitative estimate of drug-likeness (QED) is 0.0273. The van der Waals surface area contributed by atoms with Crippen LogP contribution in [-0.2, 0) is 32.7 Å². The number of carbonyl (C=O) groups is 2. The van der Waals surface area contributed by atoms with Crippen LogP contribution in [0.4, 0.5) is 0 Å². The van der Waals surface area contributed by atoms with Gasteiger partial charge in [0.2, 0.25) is 0 Å². The largest absolute Gasteiger partial charge is 0.472 e. The molecule has 0 aliphatic carbocycles. The van der Waals surface area contributed by atoms with Crippen LogP contribution in [0.5, 0.6) is 0 Å². The Balaban J connectivity index is 4.35. The Kier molecular flexibility index (Phi) is 38.3. The highest BCUT2D eigenvalue weighted by molar-refractivity contribution is 7.47. The highest BCUT2D eigenvalue weighted by Gasteiger charge is 2.25. The summed E-state index contributed by atoms with van der Waals surface area (Å²) in [4.78, 5) is 34.8. The zero-order chi connectivity index (χ0) is 40.3. The minimum Gasteiger partial charge on any atom is -0.462 e. The van der Waals surface area contributed by atoms with E-state index in [2.05, 4.69) is 105 Å². The highest BCUT2D eigenvalue weighted by atomic mass is 31.2. The fraction of sp³-hybridized carbons (Fsp3) is 0.600. The monoisotopic (exact) mass is 788 g/mol. The van der Waals surface area contributed by atoms with E-state index in [9.17, 15) is 19.0 Å². The molecule has 0 aromatic carbocycles. The molecule has 0 aliphatic rings. The predicted octanol–water partition coefficient (Wildman–Crippen LogP) is 11.8. The molecule has 9 nitrogen and oxygen atoms in total. The van der Waals surface area contributed by atoms with Crippen molar-refractivity contribution in [2.45, 2.75) is 148 Å². The van der Waals surface area contributed by atoms with E-state index in [1.807, 2.05) is 6.08 Å². The van der Waals surface area contributed by atoms with Gasteiger partial charge >= 0.3 is 19.8 Å². The number of hydrogen-bond donors (Lipinski definition) is 2. The van der Waals surface area contributed by atoms with Crippen molar-refractivity contribution < 1.29 is 37.6 Å². The molecule has 0 aliphatic heterocycles. The Bertz CT molecular complexity index is 1220. The van der Waals surface area contributed by atoms with Crippen LogP contribution in [0.3, 0.4) is 0 Å². The van der Waals surface area contributed by atoms with E-state index in [0.29, 0.717) is 12.8 Å². The van der Waals surface area contributed by atoms with Crippen molar-refractivity contribution in [3.05, 3.63) is 97.2 Å². The lowest BCUT2D eigenvalue weighted by Gasteiger charge is -2.19. The van der Waals surface area contributed by atoms with Crippen molar-refractivity contribution in [2.75, 3.05) is 26.4 Å². The summed E-state index contributed by atoms with van der Waals surface area (Å²) in [6, 6.07) is 0. The summed E-state index contributed by atoms with van der Waals surface area (Å²) in [7, 11) is -4.40. The van der Waals surface area contributed by atoms with E-state index in [-0.39, 0.29) is 32.6 Å². The number of rotatable bonds is 37. The summed E-state index contributed by atoms with van der Waals surface area (Å²) >= 11 is 0. The molecule has 0 saturated heterocycles. The maximum absolute atomic E-state index is 12.6. The Morgan fingerprint density at radius 3 is 1.53 bits per heavy atom. The molecular formula is C45H74NO8P. The number of phosphoric acid groups is 1. The minimum absolute atomic E-state index is 0.0361. The Morgan fingerprint density at radius 2 is 1.02 bits per heavy atom. The topological polar surface area (TPSA) is 134 Å². The number of hydrogen-bond acceptors (Lipinski definition) is 8. The molecule has 2 atom stereocenters. The van der Waals surface area contributed by atoms with Gasteiger partial charge in [0.1, 0.15) is 6.61 Å².